The van der Waals surface area contributed by atoms with Crippen LogP contribution >= 0.6 is 0 Å². The van der Waals surface area contributed by atoms with Crippen molar-refractivity contribution in [3.05, 3.63) is 89.2 Å². The van der Waals surface area contributed by atoms with Crippen LogP contribution in [0.3, 0.4) is 0 Å². The molecule has 3 rings (SSSR count). The van der Waals surface area contributed by atoms with E-state index in [0.29, 0.717) is 13.2 Å². The van der Waals surface area contributed by atoms with Gasteiger partial charge in [0.25, 0.3) is 0 Å². The quantitative estimate of drug-likeness (QED) is 0.279. The summed E-state index contributed by atoms with van der Waals surface area (Å²) in [6, 6.07) is 16.7. The SMILES string of the molecule is COCCN(Cc1ccc(OS(=O)(=O)c2ccc(F)cc2)cc1)C(=O)Nc1c(C(C)C)cccc1C(C)C. The van der Waals surface area contributed by atoms with E-state index in [4.69, 9.17) is 8.92 Å². The molecule has 9 heteroatoms. The van der Waals surface area contributed by atoms with Crippen molar-refractivity contribution in [2.75, 3.05) is 25.6 Å². The van der Waals surface area contributed by atoms with E-state index in [0.717, 1.165) is 46.6 Å². The molecule has 0 aromatic heterocycles. The maximum atomic E-state index is 13.4. The third kappa shape index (κ3) is 7.55. The number of carbonyl (C=O) groups excluding carboxylic acids is 1. The zero-order valence-electron chi connectivity index (χ0n) is 22.4. The molecule has 0 unspecified atom stereocenters. The second-order valence-corrected chi connectivity index (χ2v) is 11.1. The summed E-state index contributed by atoms with van der Waals surface area (Å²) < 4.78 is 48.5. The molecule has 7 nitrogen and oxygen atoms in total. The highest BCUT2D eigenvalue weighted by Gasteiger charge is 2.21. The van der Waals surface area contributed by atoms with Gasteiger partial charge in [-0.25, -0.2) is 9.18 Å². The Morgan fingerprint density at radius 3 is 2.03 bits per heavy atom. The molecule has 0 atom stereocenters. The number of hydrogen-bond acceptors (Lipinski definition) is 5. The number of halogens is 1. The number of ether oxygens (including phenoxy) is 1. The predicted octanol–water partition coefficient (Wildman–Crippen LogP) is 6.52. The van der Waals surface area contributed by atoms with E-state index in [-0.39, 0.29) is 35.1 Å². The average molecular weight is 543 g/mol. The fourth-order valence-corrected chi connectivity index (χ4v) is 4.91. The van der Waals surface area contributed by atoms with Crippen molar-refractivity contribution in [3.8, 4) is 5.75 Å². The standard InChI is InChI=1S/C29H35FN2O5S/c1-20(2)26-7-6-8-27(21(3)4)28(26)31-29(33)32(17-18-36-5)19-22-9-13-24(14-10-22)37-38(34,35)25-15-11-23(30)12-16-25/h6-16,20-21H,17-19H2,1-5H3,(H,31,33). The van der Waals surface area contributed by atoms with Crippen LogP contribution in [-0.2, 0) is 21.4 Å². The fourth-order valence-electron chi connectivity index (χ4n) is 3.98. The maximum absolute atomic E-state index is 13.4. The van der Waals surface area contributed by atoms with Crippen LogP contribution in [0.4, 0.5) is 14.9 Å². The molecule has 0 spiro atoms. The Kier molecular flexibility index (Phi) is 9.88. The van der Waals surface area contributed by atoms with Gasteiger partial charge in [0.1, 0.15) is 16.5 Å². The van der Waals surface area contributed by atoms with Gasteiger partial charge in [-0.3, -0.25) is 0 Å². The van der Waals surface area contributed by atoms with E-state index < -0.39 is 15.9 Å². The molecule has 0 saturated carbocycles. The highest BCUT2D eigenvalue weighted by atomic mass is 32.2. The lowest BCUT2D eigenvalue weighted by atomic mass is 9.93. The van der Waals surface area contributed by atoms with Gasteiger partial charge in [-0.05, 0) is 64.9 Å². The normalized spacial score (nSPS) is 11.6. The van der Waals surface area contributed by atoms with Gasteiger partial charge in [-0.1, -0.05) is 58.0 Å². The summed E-state index contributed by atoms with van der Waals surface area (Å²) in [5.74, 6) is 0.0345. The van der Waals surface area contributed by atoms with E-state index in [1.807, 2.05) is 18.2 Å². The summed E-state index contributed by atoms with van der Waals surface area (Å²) in [7, 11) is -2.53. The molecule has 0 radical (unpaired) electrons. The number of para-hydroxylation sites is 1. The Balaban J connectivity index is 1.77. The number of hydrogen-bond donors (Lipinski definition) is 1. The van der Waals surface area contributed by atoms with Crippen molar-refractivity contribution in [2.45, 2.75) is 51.0 Å². The molecule has 204 valence electrons. The van der Waals surface area contributed by atoms with E-state index in [2.05, 4.69) is 33.0 Å². The number of methoxy groups -OCH3 is 1. The van der Waals surface area contributed by atoms with E-state index >= 15 is 0 Å². The van der Waals surface area contributed by atoms with Crippen LogP contribution in [0.5, 0.6) is 5.75 Å². The molecule has 0 aliphatic carbocycles. The molecule has 0 aliphatic rings. The number of amides is 2. The average Bonchev–Trinajstić information content (AvgIpc) is 2.87. The van der Waals surface area contributed by atoms with Gasteiger partial charge in [-0.2, -0.15) is 8.42 Å². The molecular formula is C29H35FN2O5S. The van der Waals surface area contributed by atoms with Crippen molar-refractivity contribution in [2.24, 2.45) is 0 Å². The zero-order valence-corrected chi connectivity index (χ0v) is 23.2. The zero-order chi connectivity index (χ0) is 27.9. The van der Waals surface area contributed by atoms with Crippen molar-refractivity contribution in [1.82, 2.24) is 4.90 Å². The van der Waals surface area contributed by atoms with Crippen molar-refractivity contribution in [3.63, 3.8) is 0 Å². The fraction of sp³-hybridized carbons (Fsp3) is 0.345. The van der Waals surface area contributed by atoms with Gasteiger partial charge in [-0.15, -0.1) is 0 Å². The summed E-state index contributed by atoms with van der Waals surface area (Å²) in [6.45, 7) is 9.37. The first-order chi connectivity index (χ1) is 18.0. The van der Waals surface area contributed by atoms with E-state index in [1.165, 1.54) is 12.1 Å². The number of carbonyl (C=O) groups is 1. The summed E-state index contributed by atoms with van der Waals surface area (Å²) >= 11 is 0. The van der Waals surface area contributed by atoms with Crippen molar-refractivity contribution >= 4 is 21.8 Å². The number of benzene rings is 3. The number of urea groups is 1. The summed E-state index contributed by atoms with van der Waals surface area (Å²) in [5, 5.41) is 3.14. The number of nitrogens with one attached hydrogen (secondary N) is 1. The first-order valence-corrected chi connectivity index (χ1v) is 13.9. The second-order valence-electron chi connectivity index (χ2n) is 9.60. The largest absolute Gasteiger partial charge is 0.383 e. The Labute approximate surface area is 224 Å². The number of rotatable bonds is 11. The first kappa shape index (κ1) is 29.1. The van der Waals surface area contributed by atoms with Gasteiger partial charge in [0, 0.05) is 25.9 Å². The Hall–Kier alpha value is -3.43. The smallest absolute Gasteiger partial charge is 0.339 e. The Bertz CT molecular complexity index is 1300. The van der Waals surface area contributed by atoms with Crippen LogP contribution < -0.4 is 9.50 Å². The van der Waals surface area contributed by atoms with Crippen molar-refractivity contribution in [1.29, 1.82) is 0 Å². The Morgan fingerprint density at radius 1 is 0.921 bits per heavy atom. The topological polar surface area (TPSA) is 84.9 Å². The predicted molar refractivity (Wildman–Crippen MR) is 147 cm³/mol. The highest BCUT2D eigenvalue weighted by molar-refractivity contribution is 7.87. The van der Waals surface area contributed by atoms with Gasteiger partial charge in [0.2, 0.25) is 0 Å². The van der Waals surface area contributed by atoms with Gasteiger partial charge >= 0.3 is 16.1 Å². The summed E-state index contributed by atoms with van der Waals surface area (Å²) in [5.41, 5.74) is 3.75. The number of nitrogens with zero attached hydrogens (tertiary/aromatic N) is 1. The van der Waals surface area contributed by atoms with Crippen LogP contribution in [0.15, 0.2) is 71.6 Å². The lowest BCUT2D eigenvalue weighted by Crippen LogP contribution is -2.37. The molecule has 38 heavy (non-hydrogen) atoms. The molecule has 0 saturated heterocycles. The van der Waals surface area contributed by atoms with Crippen LogP contribution in [0.2, 0.25) is 0 Å². The molecule has 3 aromatic rings. The highest BCUT2D eigenvalue weighted by Crippen LogP contribution is 2.32. The second kappa shape index (κ2) is 12.9. The lowest BCUT2D eigenvalue weighted by Gasteiger charge is -2.26. The molecule has 2 amide bonds. The van der Waals surface area contributed by atoms with Crippen LogP contribution in [0.25, 0.3) is 0 Å². The minimum atomic E-state index is -4.11. The molecule has 0 heterocycles. The van der Waals surface area contributed by atoms with Gasteiger partial charge < -0.3 is 19.1 Å². The summed E-state index contributed by atoms with van der Waals surface area (Å²) in [6.07, 6.45) is 0. The van der Waals surface area contributed by atoms with Crippen LogP contribution in [0, 0.1) is 5.82 Å². The molecule has 0 fully saturated rings. The van der Waals surface area contributed by atoms with E-state index in [1.54, 1.807) is 24.1 Å². The van der Waals surface area contributed by atoms with Crippen molar-refractivity contribution < 1.29 is 26.5 Å². The Morgan fingerprint density at radius 2 is 1.50 bits per heavy atom. The minimum Gasteiger partial charge on any atom is -0.383 e. The minimum absolute atomic E-state index is 0.110. The lowest BCUT2D eigenvalue weighted by molar-refractivity contribution is 0.153. The monoisotopic (exact) mass is 542 g/mol. The first-order valence-electron chi connectivity index (χ1n) is 12.5. The molecule has 1 N–H and O–H groups in total. The van der Waals surface area contributed by atoms with Gasteiger partial charge in [0.05, 0.1) is 6.61 Å². The van der Waals surface area contributed by atoms with Gasteiger partial charge in [0.15, 0.2) is 0 Å². The molecule has 0 bridgehead atoms. The third-order valence-electron chi connectivity index (χ3n) is 6.06. The molecule has 3 aromatic carbocycles. The molecule has 0 aliphatic heterocycles. The van der Waals surface area contributed by atoms with E-state index in [9.17, 15) is 17.6 Å². The maximum Gasteiger partial charge on any atom is 0.339 e. The number of anilines is 1. The summed E-state index contributed by atoms with van der Waals surface area (Å²) in [4.78, 5) is 14.9. The van der Waals surface area contributed by atoms with Crippen LogP contribution in [0.1, 0.15) is 56.2 Å². The third-order valence-corrected chi connectivity index (χ3v) is 7.32. The van der Waals surface area contributed by atoms with Crippen LogP contribution in [-0.4, -0.2) is 39.6 Å². The molecular weight excluding hydrogens is 507 g/mol.